The molecule has 1 aliphatic heterocycles. The van der Waals surface area contributed by atoms with Crippen molar-refractivity contribution in [1.29, 1.82) is 0 Å². The van der Waals surface area contributed by atoms with E-state index in [0.717, 1.165) is 44.3 Å². The fraction of sp³-hybridized carbons (Fsp3) is 0.524. The third-order valence-corrected chi connectivity index (χ3v) is 4.55. The number of rotatable bonds is 8. The summed E-state index contributed by atoms with van der Waals surface area (Å²) in [5.74, 6) is 0.341. The standard InChI is InChI=1S/C21H30N2O2/c1-2-15-22(17-9-12-19-10-5-3-6-11-19)21(25)14-18-23-16-8-4-7-13-20(23)24/h3,5-6,9-12H,2,4,7-8,13-18H2,1H3. The number of benzene rings is 1. The van der Waals surface area contributed by atoms with E-state index in [4.69, 9.17) is 0 Å². The highest BCUT2D eigenvalue weighted by Gasteiger charge is 2.19. The number of carbonyl (C=O) groups is 2. The largest absolute Gasteiger partial charge is 0.342 e. The molecular weight excluding hydrogens is 312 g/mol. The van der Waals surface area contributed by atoms with Crippen LogP contribution in [0.1, 0.15) is 51.0 Å². The molecule has 1 heterocycles. The van der Waals surface area contributed by atoms with Gasteiger partial charge in [-0.15, -0.1) is 0 Å². The van der Waals surface area contributed by atoms with Gasteiger partial charge in [-0.1, -0.05) is 55.8 Å². The zero-order valence-corrected chi connectivity index (χ0v) is 15.3. The second kappa shape index (κ2) is 10.7. The topological polar surface area (TPSA) is 40.6 Å². The minimum Gasteiger partial charge on any atom is -0.342 e. The van der Waals surface area contributed by atoms with Crippen LogP contribution in [0, 0.1) is 0 Å². The quantitative estimate of drug-likeness (QED) is 0.722. The van der Waals surface area contributed by atoms with Crippen molar-refractivity contribution in [2.45, 2.75) is 45.4 Å². The van der Waals surface area contributed by atoms with Gasteiger partial charge < -0.3 is 9.80 Å². The lowest BCUT2D eigenvalue weighted by Gasteiger charge is -2.24. The molecule has 4 nitrogen and oxygen atoms in total. The Hall–Kier alpha value is -2.10. The van der Waals surface area contributed by atoms with Gasteiger partial charge in [0.25, 0.3) is 0 Å². The van der Waals surface area contributed by atoms with Crippen LogP contribution in [0.4, 0.5) is 0 Å². The maximum Gasteiger partial charge on any atom is 0.224 e. The highest BCUT2D eigenvalue weighted by molar-refractivity contribution is 5.79. The van der Waals surface area contributed by atoms with Crippen molar-refractivity contribution in [2.75, 3.05) is 26.2 Å². The van der Waals surface area contributed by atoms with Crippen LogP contribution in [-0.4, -0.2) is 47.8 Å². The third kappa shape index (κ3) is 6.73. The van der Waals surface area contributed by atoms with Crippen molar-refractivity contribution in [3.05, 3.63) is 42.0 Å². The monoisotopic (exact) mass is 342 g/mol. The molecule has 0 aliphatic carbocycles. The first-order valence-corrected chi connectivity index (χ1v) is 9.48. The normalized spacial score (nSPS) is 15.4. The number of amides is 2. The summed E-state index contributed by atoms with van der Waals surface area (Å²) in [6, 6.07) is 10.1. The Morgan fingerprint density at radius 1 is 1.20 bits per heavy atom. The van der Waals surface area contributed by atoms with Crippen LogP contribution in [0.25, 0.3) is 6.08 Å². The molecule has 1 aromatic rings. The van der Waals surface area contributed by atoms with Gasteiger partial charge in [0.2, 0.25) is 11.8 Å². The molecule has 136 valence electrons. The van der Waals surface area contributed by atoms with Crippen LogP contribution in [0.15, 0.2) is 36.4 Å². The Kier molecular flexibility index (Phi) is 8.23. The van der Waals surface area contributed by atoms with Gasteiger partial charge in [-0.3, -0.25) is 9.59 Å². The Bertz CT molecular complexity index is 569. The van der Waals surface area contributed by atoms with E-state index in [1.54, 1.807) is 0 Å². The highest BCUT2D eigenvalue weighted by atomic mass is 16.2. The van der Waals surface area contributed by atoms with Gasteiger partial charge in [0.15, 0.2) is 0 Å². The first-order valence-electron chi connectivity index (χ1n) is 9.48. The lowest BCUT2D eigenvalue weighted by molar-refractivity contribution is -0.133. The van der Waals surface area contributed by atoms with E-state index in [1.807, 2.05) is 52.3 Å². The summed E-state index contributed by atoms with van der Waals surface area (Å²) in [4.78, 5) is 28.4. The first-order chi connectivity index (χ1) is 12.2. The smallest absolute Gasteiger partial charge is 0.224 e. The zero-order chi connectivity index (χ0) is 17.9. The van der Waals surface area contributed by atoms with Crippen molar-refractivity contribution in [1.82, 2.24) is 9.80 Å². The minimum absolute atomic E-state index is 0.136. The maximum atomic E-state index is 12.6. The Balaban J connectivity index is 1.84. The number of likely N-dealkylation sites (tertiary alicyclic amines) is 1. The first kappa shape index (κ1) is 19.2. The molecule has 25 heavy (non-hydrogen) atoms. The molecule has 0 aromatic heterocycles. The number of hydrogen-bond donors (Lipinski definition) is 0. The van der Waals surface area contributed by atoms with Gasteiger partial charge in [-0.05, 0) is 24.8 Å². The Morgan fingerprint density at radius 2 is 2.00 bits per heavy atom. The predicted octanol–water partition coefficient (Wildman–Crippen LogP) is 3.73. The van der Waals surface area contributed by atoms with E-state index in [1.165, 1.54) is 0 Å². The van der Waals surface area contributed by atoms with Crippen molar-refractivity contribution < 1.29 is 9.59 Å². The minimum atomic E-state index is 0.136. The summed E-state index contributed by atoms with van der Waals surface area (Å²) < 4.78 is 0. The average Bonchev–Trinajstić information content (AvgIpc) is 2.84. The molecule has 0 atom stereocenters. The van der Waals surface area contributed by atoms with Crippen molar-refractivity contribution >= 4 is 17.9 Å². The van der Waals surface area contributed by atoms with Crippen LogP contribution in [0.5, 0.6) is 0 Å². The van der Waals surface area contributed by atoms with Crippen LogP contribution < -0.4 is 0 Å². The second-order valence-corrected chi connectivity index (χ2v) is 6.59. The molecule has 1 fully saturated rings. The predicted molar refractivity (Wildman–Crippen MR) is 102 cm³/mol. The summed E-state index contributed by atoms with van der Waals surface area (Å²) in [5.41, 5.74) is 1.14. The van der Waals surface area contributed by atoms with E-state index in [9.17, 15) is 9.59 Å². The van der Waals surface area contributed by atoms with Gasteiger partial charge in [0.1, 0.15) is 0 Å². The average molecular weight is 342 g/mol. The lowest BCUT2D eigenvalue weighted by Crippen LogP contribution is -2.37. The third-order valence-electron chi connectivity index (χ3n) is 4.55. The molecule has 1 aliphatic rings. The Labute approximate surface area is 151 Å². The molecule has 1 aromatic carbocycles. The van der Waals surface area contributed by atoms with Gasteiger partial charge in [-0.2, -0.15) is 0 Å². The number of nitrogens with zero attached hydrogens (tertiary/aromatic N) is 2. The summed E-state index contributed by atoms with van der Waals surface area (Å²) in [6.45, 7) is 4.81. The van der Waals surface area contributed by atoms with E-state index in [2.05, 4.69) is 6.92 Å². The summed E-state index contributed by atoms with van der Waals surface area (Å²) in [7, 11) is 0. The van der Waals surface area contributed by atoms with Crippen molar-refractivity contribution in [3.8, 4) is 0 Å². The van der Waals surface area contributed by atoms with E-state index in [0.29, 0.717) is 25.9 Å². The van der Waals surface area contributed by atoms with Crippen molar-refractivity contribution in [2.24, 2.45) is 0 Å². The lowest BCUT2D eigenvalue weighted by atomic mass is 10.2. The fourth-order valence-electron chi connectivity index (χ4n) is 3.13. The van der Waals surface area contributed by atoms with Gasteiger partial charge in [0.05, 0.1) is 0 Å². The van der Waals surface area contributed by atoms with Crippen LogP contribution in [-0.2, 0) is 9.59 Å². The molecule has 0 spiro atoms. The Morgan fingerprint density at radius 3 is 2.76 bits per heavy atom. The summed E-state index contributed by atoms with van der Waals surface area (Å²) in [6.07, 6.45) is 9.23. The SMILES string of the molecule is CCCN(CC=Cc1ccccc1)C(=O)CCN1CCCCCC1=O. The molecule has 2 amide bonds. The van der Waals surface area contributed by atoms with Crippen LogP contribution in [0.3, 0.4) is 0 Å². The molecule has 0 N–H and O–H groups in total. The van der Waals surface area contributed by atoms with Gasteiger partial charge in [0, 0.05) is 39.0 Å². The molecule has 0 unspecified atom stereocenters. The molecule has 0 saturated carbocycles. The summed E-state index contributed by atoms with van der Waals surface area (Å²) in [5, 5.41) is 0. The van der Waals surface area contributed by atoms with E-state index < -0.39 is 0 Å². The molecule has 0 bridgehead atoms. The van der Waals surface area contributed by atoms with Crippen LogP contribution >= 0.6 is 0 Å². The highest BCUT2D eigenvalue weighted by Crippen LogP contribution is 2.12. The molecule has 4 heteroatoms. The maximum absolute atomic E-state index is 12.6. The molecule has 2 rings (SSSR count). The molecule has 1 saturated heterocycles. The van der Waals surface area contributed by atoms with E-state index in [-0.39, 0.29) is 11.8 Å². The van der Waals surface area contributed by atoms with Crippen molar-refractivity contribution in [3.63, 3.8) is 0 Å². The van der Waals surface area contributed by atoms with E-state index >= 15 is 0 Å². The zero-order valence-electron chi connectivity index (χ0n) is 15.3. The fourth-order valence-corrected chi connectivity index (χ4v) is 3.13. The summed E-state index contributed by atoms with van der Waals surface area (Å²) >= 11 is 0. The van der Waals surface area contributed by atoms with Crippen LogP contribution in [0.2, 0.25) is 0 Å². The van der Waals surface area contributed by atoms with Gasteiger partial charge in [-0.25, -0.2) is 0 Å². The number of carbonyl (C=O) groups excluding carboxylic acids is 2. The second-order valence-electron chi connectivity index (χ2n) is 6.59. The molecule has 0 radical (unpaired) electrons. The van der Waals surface area contributed by atoms with Gasteiger partial charge >= 0.3 is 0 Å². The number of hydrogen-bond acceptors (Lipinski definition) is 2. The molecular formula is C21H30N2O2.